The maximum absolute atomic E-state index is 12.8. The molecule has 0 aliphatic rings. The summed E-state index contributed by atoms with van der Waals surface area (Å²) in [6.07, 6.45) is 1.76. The van der Waals surface area contributed by atoms with E-state index in [-0.39, 0.29) is 5.91 Å². The van der Waals surface area contributed by atoms with E-state index in [2.05, 4.69) is 22.3 Å². The van der Waals surface area contributed by atoms with Gasteiger partial charge in [0.05, 0.1) is 18.0 Å². The lowest BCUT2D eigenvalue weighted by molar-refractivity contribution is -0.132. The average molecular weight is 430 g/mol. The summed E-state index contributed by atoms with van der Waals surface area (Å²) in [6.45, 7) is 1.30. The quantitative estimate of drug-likeness (QED) is 0.354. The summed E-state index contributed by atoms with van der Waals surface area (Å²) in [6, 6.07) is 12.1. The molecule has 5 nitrogen and oxygen atoms in total. The van der Waals surface area contributed by atoms with Crippen molar-refractivity contribution < 1.29 is 9.32 Å². The number of carbonyl (C=O) groups is 1. The van der Waals surface area contributed by atoms with Crippen molar-refractivity contribution in [3.8, 4) is 10.7 Å². The van der Waals surface area contributed by atoms with Crippen LogP contribution in [-0.2, 0) is 24.3 Å². The predicted octanol–water partition coefficient (Wildman–Crippen LogP) is 5.47. The summed E-state index contributed by atoms with van der Waals surface area (Å²) >= 11 is 4.94. The molecule has 0 spiro atoms. The molecule has 4 aromatic rings. The molecule has 0 aliphatic carbocycles. The van der Waals surface area contributed by atoms with Crippen LogP contribution in [0.4, 0.5) is 0 Å². The molecular formula is C20H19N3O2S3. The lowest BCUT2D eigenvalue weighted by Crippen LogP contribution is -2.29. The summed E-state index contributed by atoms with van der Waals surface area (Å²) in [7, 11) is 0. The number of amides is 1. The molecule has 0 saturated heterocycles. The molecule has 0 bridgehead atoms. The van der Waals surface area contributed by atoms with Gasteiger partial charge in [-0.25, -0.2) is 0 Å². The first-order valence-electron chi connectivity index (χ1n) is 8.97. The Balaban J connectivity index is 1.33. The van der Waals surface area contributed by atoms with Gasteiger partial charge in [-0.1, -0.05) is 23.4 Å². The van der Waals surface area contributed by atoms with E-state index in [0.29, 0.717) is 44.1 Å². The Morgan fingerprint density at radius 1 is 0.964 bits per heavy atom. The highest BCUT2D eigenvalue weighted by Gasteiger charge is 2.16. The van der Waals surface area contributed by atoms with Crippen LogP contribution >= 0.6 is 34.0 Å². The van der Waals surface area contributed by atoms with Crippen LogP contribution in [0.5, 0.6) is 0 Å². The maximum Gasteiger partial charge on any atom is 0.226 e. The smallest absolute Gasteiger partial charge is 0.226 e. The number of nitrogens with zero attached hydrogens (tertiary/aromatic N) is 3. The van der Waals surface area contributed by atoms with Crippen LogP contribution in [0.15, 0.2) is 57.1 Å². The molecule has 1 amide bonds. The minimum absolute atomic E-state index is 0.153. The fourth-order valence-corrected chi connectivity index (χ4v) is 4.91. The molecule has 0 atom stereocenters. The normalized spacial score (nSPS) is 11.0. The van der Waals surface area contributed by atoms with Crippen LogP contribution in [0.25, 0.3) is 10.7 Å². The molecule has 0 aromatic carbocycles. The number of carbonyl (C=O) groups excluding carboxylic acids is 1. The molecule has 4 rings (SSSR count). The fourth-order valence-electron chi connectivity index (χ4n) is 2.82. The summed E-state index contributed by atoms with van der Waals surface area (Å²) in [5.74, 6) is 1.35. The van der Waals surface area contributed by atoms with Gasteiger partial charge in [0.2, 0.25) is 17.6 Å². The van der Waals surface area contributed by atoms with E-state index in [4.69, 9.17) is 4.52 Å². The molecule has 144 valence electrons. The highest BCUT2D eigenvalue weighted by atomic mass is 32.1. The zero-order valence-corrected chi connectivity index (χ0v) is 17.6. The zero-order valence-electron chi connectivity index (χ0n) is 15.1. The van der Waals surface area contributed by atoms with Crippen LogP contribution in [0, 0.1) is 0 Å². The van der Waals surface area contributed by atoms with E-state index in [0.717, 1.165) is 4.88 Å². The van der Waals surface area contributed by atoms with Crippen molar-refractivity contribution in [2.24, 2.45) is 0 Å². The van der Waals surface area contributed by atoms with E-state index in [1.165, 1.54) is 9.75 Å². The Labute approximate surface area is 175 Å². The molecular weight excluding hydrogens is 410 g/mol. The van der Waals surface area contributed by atoms with E-state index in [1.54, 1.807) is 34.0 Å². The molecule has 4 heterocycles. The fraction of sp³-hybridized carbons (Fsp3) is 0.250. The van der Waals surface area contributed by atoms with Gasteiger partial charge in [0.1, 0.15) is 0 Å². The standard InChI is InChI=1S/C20H19N3O2S3/c24-19(9-1-8-18-21-20(22-25-18)17-7-4-12-28-17)23(13-15-5-2-10-26-15)14-16-6-3-11-27-16/h2-7,10-12H,1,8-9,13-14H2. The van der Waals surface area contributed by atoms with Crippen molar-refractivity contribution in [2.75, 3.05) is 0 Å². The van der Waals surface area contributed by atoms with Crippen LogP contribution in [0.1, 0.15) is 28.5 Å². The Bertz CT molecular complexity index is 940. The van der Waals surface area contributed by atoms with E-state index >= 15 is 0 Å². The first-order valence-corrected chi connectivity index (χ1v) is 11.6. The van der Waals surface area contributed by atoms with Gasteiger partial charge in [0, 0.05) is 22.6 Å². The van der Waals surface area contributed by atoms with Gasteiger partial charge >= 0.3 is 0 Å². The lowest BCUT2D eigenvalue weighted by Gasteiger charge is -2.21. The Kier molecular flexibility index (Phi) is 6.31. The Morgan fingerprint density at radius 3 is 2.25 bits per heavy atom. The van der Waals surface area contributed by atoms with Gasteiger partial charge in [0.25, 0.3) is 0 Å². The first kappa shape index (κ1) is 19.0. The number of aryl methyl sites for hydroxylation is 1. The summed E-state index contributed by atoms with van der Waals surface area (Å²) in [5.41, 5.74) is 0. The van der Waals surface area contributed by atoms with Gasteiger partial charge in [-0.3, -0.25) is 4.79 Å². The Hall–Kier alpha value is -2.29. The van der Waals surface area contributed by atoms with Gasteiger partial charge in [-0.2, -0.15) is 4.98 Å². The molecule has 4 aromatic heterocycles. The maximum atomic E-state index is 12.8. The number of aromatic nitrogens is 2. The molecule has 0 unspecified atom stereocenters. The third kappa shape index (κ3) is 4.95. The molecule has 8 heteroatoms. The van der Waals surface area contributed by atoms with Gasteiger partial charge in [0.15, 0.2) is 0 Å². The summed E-state index contributed by atoms with van der Waals surface area (Å²) in [5, 5.41) is 10.1. The molecule has 0 saturated carbocycles. The molecule has 0 radical (unpaired) electrons. The van der Waals surface area contributed by atoms with Crippen LogP contribution in [-0.4, -0.2) is 20.9 Å². The zero-order chi connectivity index (χ0) is 19.2. The van der Waals surface area contributed by atoms with Crippen molar-refractivity contribution in [1.82, 2.24) is 15.0 Å². The second-order valence-electron chi connectivity index (χ2n) is 6.25. The summed E-state index contributed by atoms with van der Waals surface area (Å²) < 4.78 is 5.33. The minimum atomic E-state index is 0.153. The van der Waals surface area contributed by atoms with Crippen molar-refractivity contribution in [3.63, 3.8) is 0 Å². The second-order valence-corrected chi connectivity index (χ2v) is 9.26. The second kappa shape index (κ2) is 9.27. The van der Waals surface area contributed by atoms with E-state index < -0.39 is 0 Å². The number of hydrogen-bond acceptors (Lipinski definition) is 7. The highest BCUT2D eigenvalue weighted by molar-refractivity contribution is 7.13. The monoisotopic (exact) mass is 429 g/mol. The van der Waals surface area contributed by atoms with Gasteiger partial charge < -0.3 is 9.42 Å². The molecule has 28 heavy (non-hydrogen) atoms. The number of hydrogen-bond donors (Lipinski definition) is 0. The lowest BCUT2D eigenvalue weighted by atomic mass is 10.2. The van der Waals surface area contributed by atoms with E-state index in [9.17, 15) is 4.79 Å². The number of thiophene rings is 3. The third-order valence-corrected chi connectivity index (χ3v) is 6.79. The molecule has 0 aliphatic heterocycles. The van der Waals surface area contributed by atoms with Crippen molar-refractivity contribution in [1.29, 1.82) is 0 Å². The molecule has 0 N–H and O–H groups in total. The van der Waals surface area contributed by atoms with Crippen LogP contribution < -0.4 is 0 Å². The van der Waals surface area contributed by atoms with Crippen molar-refractivity contribution >= 4 is 39.9 Å². The number of rotatable bonds is 9. The van der Waals surface area contributed by atoms with E-state index in [1.807, 2.05) is 45.3 Å². The van der Waals surface area contributed by atoms with Crippen LogP contribution in [0.2, 0.25) is 0 Å². The molecule has 0 fully saturated rings. The van der Waals surface area contributed by atoms with Crippen molar-refractivity contribution in [2.45, 2.75) is 32.4 Å². The first-order chi connectivity index (χ1) is 13.8. The largest absolute Gasteiger partial charge is 0.339 e. The van der Waals surface area contributed by atoms with Crippen LogP contribution in [0.3, 0.4) is 0 Å². The van der Waals surface area contributed by atoms with Crippen molar-refractivity contribution in [3.05, 3.63) is 68.2 Å². The van der Waals surface area contributed by atoms with Gasteiger partial charge in [-0.05, 0) is 40.8 Å². The predicted molar refractivity (Wildman–Crippen MR) is 113 cm³/mol. The summed E-state index contributed by atoms with van der Waals surface area (Å²) in [4.78, 5) is 22.6. The minimum Gasteiger partial charge on any atom is -0.339 e. The average Bonchev–Trinajstić information content (AvgIpc) is 3.48. The van der Waals surface area contributed by atoms with Gasteiger partial charge in [-0.15, -0.1) is 34.0 Å². The Morgan fingerprint density at radius 2 is 1.64 bits per heavy atom. The topological polar surface area (TPSA) is 59.2 Å². The third-order valence-electron chi connectivity index (χ3n) is 4.20. The SMILES string of the molecule is O=C(CCCc1nc(-c2cccs2)no1)N(Cc1cccs1)Cc1cccs1. The highest BCUT2D eigenvalue weighted by Crippen LogP contribution is 2.22.